The minimum Gasteiger partial charge on any atom is -0.353 e. The van der Waals surface area contributed by atoms with Crippen LogP contribution in [0, 0.1) is 23.2 Å². The lowest BCUT2D eigenvalue weighted by Crippen LogP contribution is -2.48. The topological polar surface area (TPSA) is 25.2 Å². The summed E-state index contributed by atoms with van der Waals surface area (Å²) in [5, 5.41) is 0. The van der Waals surface area contributed by atoms with E-state index in [0.29, 0.717) is 11.3 Å². The zero-order valence-corrected chi connectivity index (χ0v) is 13.9. The molecule has 0 N–H and O–H groups in total. The summed E-state index contributed by atoms with van der Waals surface area (Å²) in [6.07, 6.45) is 11.2. The summed E-state index contributed by atoms with van der Waals surface area (Å²) in [6, 6.07) is 4.15. The van der Waals surface area contributed by atoms with Crippen molar-refractivity contribution in [1.29, 1.82) is 0 Å². The van der Waals surface area contributed by atoms with E-state index in [0.717, 1.165) is 30.7 Å². The highest BCUT2D eigenvalue weighted by Gasteiger charge is 2.51. The molecule has 0 unspecified atom stereocenters. The maximum atomic E-state index is 12.8. The summed E-state index contributed by atoms with van der Waals surface area (Å²) in [6.45, 7) is 0.731. The zero-order chi connectivity index (χ0) is 15.3. The van der Waals surface area contributed by atoms with E-state index < -0.39 is 0 Å². The molecule has 4 fully saturated rings. The van der Waals surface area contributed by atoms with Gasteiger partial charge in [0.1, 0.15) is 0 Å². The van der Waals surface area contributed by atoms with E-state index in [9.17, 15) is 4.79 Å². The first-order chi connectivity index (χ1) is 10.5. The molecule has 4 bridgehead atoms. The van der Waals surface area contributed by atoms with E-state index in [4.69, 9.17) is 0 Å². The van der Waals surface area contributed by atoms with Crippen LogP contribution in [-0.2, 0) is 18.4 Å². The largest absolute Gasteiger partial charge is 0.353 e. The zero-order valence-electron chi connectivity index (χ0n) is 13.9. The van der Waals surface area contributed by atoms with Gasteiger partial charge in [0, 0.05) is 32.4 Å². The van der Waals surface area contributed by atoms with E-state index in [2.05, 4.69) is 10.6 Å². The third-order valence-corrected chi connectivity index (χ3v) is 6.57. The molecular formula is C19H28N2O. The van der Waals surface area contributed by atoms with Crippen molar-refractivity contribution in [1.82, 2.24) is 9.47 Å². The second-order valence-corrected chi connectivity index (χ2v) is 8.45. The average molecular weight is 300 g/mol. The molecule has 1 amide bonds. The Kier molecular flexibility index (Phi) is 3.35. The third kappa shape index (κ3) is 2.49. The maximum absolute atomic E-state index is 12.8. The van der Waals surface area contributed by atoms with E-state index in [1.807, 2.05) is 31.3 Å². The molecule has 0 radical (unpaired) electrons. The van der Waals surface area contributed by atoms with Gasteiger partial charge in [-0.15, -0.1) is 0 Å². The Labute approximate surface area is 133 Å². The predicted octanol–water partition coefficient (Wildman–Crippen LogP) is 3.59. The molecule has 3 nitrogen and oxygen atoms in total. The highest BCUT2D eigenvalue weighted by atomic mass is 16.2. The minimum atomic E-state index is 0.350. The van der Waals surface area contributed by atoms with Gasteiger partial charge in [-0.3, -0.25) is 4.79 Å². The Balaban J connectivity index is 1.42. The van der Waals surface area contributed by atoms with Crippen molar-refractivity contribution in [3.05, 3.63) is 24.0 Å². The number of amides is 1. The van der Waals surface area contributed by atoms with Gasteiger partial charge in [-0.2, -0.15) is 0 Å². The van der Waals surface area contributed by atoms with Crippen LogP contribution in [0.15, 0.2) is 18.3 Å². The van der Waals surface area contributed by atoms with Gasteiger partial charge in [-0.05, 0) is 73.8 Å². The lowest BCUT2D eigenvalue weighted by Gasteiger charge is -2.56. The van der Waals surface area contributed by atoms with Crippen molar-refractivity contribution in [2.75, 3.05) is 7.05 Å². The highest BCUT2D eigenvalue weighted by molar-refractivity contribution is 5.76. The molecule has 0 aliphatic heterocycles. The molecule has 5 rings (SSSR count). The standard InChI is InChI=1S/C19H28N2O/c1-20-5-3-4-17(20)13-21(2)18(22)12-19-9-14-6-15(10-19)8-16(7-14)11-19/h3-5,14-16H,6-13H2,1-2H3. The Hall–Kier alpha value is -1.25. The molecule has 0 aromatic carbocycles. The van der Waals surface area contributed by atoms with Gasteiger partial charge in [0.05, 0.1) is 6.54 Å². The van der Waals surface area contributed by atoms with Crippen molar-refractivity contribution in [2.24, 2.45) is 30.2 Å². The summed E-state index contributed by atoms with van der Waals surface area (Å²) in [7, 11) is 4.02. The Morgan fingerprint density at radius 2 is 1.82 bits per heavy atom. The van der Waals surface area contributed by atoms with Crippen LogP contribution in [0.3, 0.4) is 0 Å². The van der Waals surface area contributed by atoms with Crippen molar-refractivity contribution in [2.45, 2.75) is 51.5 Å². The summed E-state index contributed by atoms with van der Waals surface area (Å²) in [5.74, 6) is 3.13. The van der Waals surface area contributed by atoms with Crippen LogP contribution in [0.4, 0.5) is 0 Å². The van der Waals surface area contributed by atoms with Crippen molar-refractivity contribution in [3.63, 3.8) is 0 Å². The first-order valence-corrected chi connectivity index (χ1v) is 8.87. The summed E-state index contributed by atoms with van der Waals surface area (Å²) in [5.41, 5.74) is 1.57. The molecule has 1 heterocycles. The van der Waals surface area contributed by atoms with Crippen molar-refractivity contribution in [3.8, 4) is 0 Å². The number of hydrogen-bond donors (Lipinski definition) is 0. The maximum Gasteiger partial charge on any atom is 0.223 e. The molecule has 1 aromatic heterocycles. The fourth-order valence-corrected chi connectivity index (χ4v) is 5.95. The normalized spacial score (nSPS) is 35.8. The third-order valence-electron chi connectivity index (χ3n) is 6.57. The fraction of sp³-hybridized carbons (Fsp3) is 0.737. The second kappa shape index (κ2) is 5.14. The van der Waals surface area contributed by atoms with E-state index >= 15 is 0 Å². The van der Waals surface area contributed by atoms with E-state index in [1.54, 1.807) is 0 Å². The summed E-state index contributed by atoms with van der Waals surface area (Å²) in [4.78, 5) is 14.7. The molecule has 0 saturated heterocycles. The molecule has 120 valence electrons. The molecule has 0 spiro atoms. The van der Waals surface area contributed by atoms with Crippen molar-refractivity contribution >= 4 is 5.91 Å². The SMILES string of the molecule is CN(Cc1cccn1C)C(=O)CC12CC3CC(CC(C3)C1)C2. The number of carbonyl (C=O) groups is 1. The smallest absolute Gasteiger partial charge is 0.223 e. The molecule has 4 aliphatic rings. The quantitative estimate of drug-likeness (QED) is 0.834. The van der Waals surface area contributed by atoms with Gasteiger partial charge in [-0.25, -0.2) is 0 Å². The lowest BCUT2D eigenvalue weighted by molar-refractivity contribution is -0.138. The number of aromatic nitrogens is 1. The predicted molar refractivity (Wildman–Crippen MR) is 87.1 cm³/mol. The Morgan fingerprint density at radius 1 is 1.23 bits per heavy atom. The lowest BCUT2D eigenvalue weighted by atomic mass is 9.49. The van der Waals surface area contributed by atoms with Gasteiger partial charge < -0.3 is 9.47 Å². The van der Waals surface area contributed by atoms with Crippen LogP contribution in [0.2, 0.25) is 0 Å². The highest BCUT2D eigenvalue weighted by Crippen LogP contribution is 2.61. The van der Waals surface area contributed by atoms with Crippen LogP contribution in [0.1, 0.15) is 50.6 Å². The number of nitrogens with zero attached hydrogens (tertiary/aromatic N) is 2. The number of carbonyl (C=O) groups excluding carboxylic acids is 1. The van der Waals surface area contributed by atoms with Crippen LogP contribution < -0.4 is 0 Å². The number of hydrogen-bond acceptors (Lipinski definition) is 1. The van der Waals surface area contributed by atoms with Crippen molar-refractivity contribution < 1.29 is 4.79 Å². The van der Waals surface area contributed by atoms with Crippen LogP contribution in [0.25, 0.3) is 0 Å². The second-order valence-electron chi connectivity index (χ2n) is 8.45. The van der Waals surface area contributed by atoms with E-state index in [-0.39, 0.29) is 0 Å². The molecule has 1 aromatic rings. The van der Waals surface area contributed by atoms with Gasteiger partial charge in [0.15, 0.2) is 0 Å². The van der Waals surface area contributed by atoms with Crippen LogP contribution >= 0.6 is 0 Å². The molecule has 4 saturated carbocycles. The monoisotopic (exact) mass is 300 g/mol. The molecule has 3 heteroatoms. The van der Waals surface area contributed by atoms with Crippen LogP contribution in [-0.4, -0.2) is 22.4 Å². The van der Waals surface area contributed by atoms with Crippen LogP contribution in [0.5, 0.6) is 0 Å². The molecule has 22 heavy (non-hydrogen) atoms. The van der Waals surface area contributed by atoms with Gasteiger partial charge in [0.25, 0.3) is 0 Å². The number of rotatable bonds is 4. The van der Waals surface area contributed by atoms with E-state index in [1.165, 1.54) is 44.2 Å². The summed E-state index contributed by atoms with van der Waals surface area (Å²) >= 11 is 0. The first kappa shape index (κ1) is 14.3. The Bertz CT molecular complexity index is 538. The van der Waals surface area contributed by atoms with Gasteiger partial charge in [-0.1, -0.05) is 0 Å². The summed E-state index contributed by atoms with van der Waals surface area (Å²) < 4.78 is 2.11. The molecular weight excluding hydrogens is 272 g/mol. The van der Waals surface area contributed by atoms with Gasteiger partial charge in [0.2, 0.25) is 5.91 Å². The van der Waals surface area contributed by atoms with Gasteiger partial charge >= 0.3 is 0 Å². The fourth-order valence-electron chi connectivity index (χ4n) is 5.95. The molecule has 4 aliphatic carbocycles. The first-order valence-electron chi connectivity index (χ1n) is 8.87. The molecule has 0 atom stereocenters. The average Bonchev–Trinajstić information content (AvgIpc) is 2.82. The Morgan fingerprint density at radius 3 is 2.32 bits per heavy atom. The minimum absolute atomic E-state index is 0.350. The number of aryl methyl sites for hydroxylation is 1.